The first-order valence-corrected chi connectivity index (χ1v) is 6.55. The van der Waals surface area contributed by atoms with E-state index in [1.165, 1.54) is 0 Å². The van der Waals surface area contributed by atoms with E-state index in [-0.39, 0.29) is 12.5 Å². The van der Waals surface area contributed by atoms with Crippen molar-refractivity contribution >= 4 is 17.7 Å². The molecule has 7 heteroatoms. The van der Waals surface area contributed by atoms with E-state index in [4.69, 9.17) is 0 Å². The SMILES string of the molecule is CCNC(=O)CNC(=O)[C@H](NC(=O)C[O])c1ccccc1. The van der Waals surface area contributed by atoms with Crippen LogP contribution in [0.2, 0.25) is 0 Å². The summed E-state index contributed by atoms with van der Waals surface area (Å²) in [4.78, 5) is 34.7. The molecular weight excluding hydrogens is 274 g/mol. The van der Waals surface area contributed by atoms with Gasteiger partial charge in [0.25, 0.3) is 0 Å². The summed E-state index contributed by atoms with van der Waals surface area (Å²) in [5.74, 6) is -1.65. The van der Waals surface area contributed by atoms with Crippen LogP contribution in [-0.4, -0.2) is 37.4 Å². The molecule has 21 heavy (non-hydrogen) atoms. The topological polar surface area (TPSA) is 107 Å². The lowest BCUT2D eigenvalue weighted by Crippen LogP contribution is -2.44. The summed E-state index contributed by atoms with van der Waals surface area (Å²) in [6.45, 7) is 1.07. The zero-order chi connectivity index (χ0) is 15.7. The smallest absolute Gasteiger partial charge is 0.250 e. The van der Waals surface area contributed by atoms with Crippen LogP contribution in [0.4, 0.5) is 0 Å². The number of hydrogen-bond donors (Lipinski definition) is 3. The van der Waals surface area contributed by atoms with Gasteiger partial charge in [0.1, 0.15) is 6.04 Å². The first-order valence-electron chi connectivity index (χ1n) is 6.55. The Labute approximate surface area is 122 Å². The monoisotopic (exact) mass is 292 g/mol. The fourth-order valence-electron chi connectivity index (χ4n) is 1.68. The van der Waals surface area contributed by atoms with Crippen molar-refractivity contribution in [1.82, 2.24) is 16.0 Å². The Balaban J connectivity index is 2.74. The molecular formula is C14H18N3O4. The second kappa shape index (κ2) is 8.70. The second-order valence-electron chi connectivity index (χ2n) is 4.23. The molecule has 0 aliphatic heterocycles. The third-order valence-corrected chi connectivity index (χ3v) is 2.63. The number of nitrogens with one attached hydrogen (secondary N) is 3. The van der Waals surface area contributed by atoms with Crippen LogP contribution in [0.1, 0.15) is 18.5 Å². The summed E-state index contributed by atoms with van der Waals surface area (Å²) < 4.78 is 0. The minimum atomic E-state index is -0.998. The van der Waals surface area contributed by atoms with Crippen molar-refractivity contribution < 1.29 is 19.5 Å². The minimum absolute atomic E-state index is 0.191. The van der Waals surface area contributed by atoms with Gasteiger partial charge in [0, 0.05) is 6.54 Å². The summed E-state index contributed by atoms with van der Waals surface area (Å²) in [5.41, 5.74) is 0.535. The van der Waals surface area contributed by atoms with Gasteiger partial charge in [-0.05, 0) is 12.5 Å². The van der Waals surface area contributed by atoms with Crippen molar-refractivity contribution in [2.24, 2.45) is 0 Å². The van der Waals surface area contributed by atoms with E-state index in [2.05, 4.69) is 16.0 Å². The Morgan fingerprint density at radius 1 is 1.05 bits per heavy atom. The molecule has 1 aromatic rings. The van der Waals surface area contributed by atoms with Crippen molar-refractivity contribution in [2.75, 3.05) is 19.7 Å². The van der Waals surface area contributed by atoms with Gasteiger partial charge in [-0.2, -0.15) is 0 Å². The van der Waals surface area contributed by atoms with E-state index in [1.807, 2.05) is 0 Å². The van der Waals surface area contributed by atoms with E-state index < -0.39 is 24.5 Å². The zero-order valence-corrected chi connectivity index (χ0v) is 11.7. The normalized spacial score (nSPS) is 11.3. The molecule has 3 amide bonds. The average molecular weight is 292 g/mol. The van der Waals surface area contributed by atoms with Crippen molar-refractivity contribution in [3.8, 4) is 0 Å². The summed E-state index contributed by atoms with van der Waals surface area (Å²) in [7, 11) is 0. The summed E-state index contributed by atoms with van der Waals surface area (Å²) >= 11 is 0. The average Bonchev–Trinajstić information content (AvgIpc) is 2.51. The van der Waals surface area contributed by atoms with Crippen molar-refractivity contribution in [1.29, 1.82) is 0 Å². The van der Waals surface area contributed by atoms with Crippen LogP contribution in [-0.2, 0) is 19.5 Å². The molecule has 1 aromatic carbocycles. The standard InChI is InChI=1S/C14H18N3O4/c1-2-15-11(19)8-16-14(21)13(17-12(20)9-18)10-6-4-3-5-7-10/h3-7,13H,2,8-9H2,1H3,(H,15,19)(H,16,21)(H,17,20)/t13-/m1/s1. The number of rotatable bonds is 7. The largest absolute Gasteiger partial charge is 0.355 e. The van der Waals surface area contributed by atoms with Crippen LogP contribution < -0.4 is 16.0 Å². The molecule has 7 nitrogen and oxygen atoms in total. The Hall–Kier alpha value is -2.41. The number of carbonyl (C=O) groups excluding carboxylic acids is 3. The fraction of sp³-hybridized carbons (Fsp3) is 0.357. The number of likely N-dealkylation sites (N-methyl/N-ethyl adjacent to an activating group) is 1. The predicted octanol–water partition coefficient (Wildman–Crippen LogP) is -0.473. The van der Waals surface area contributed by atoms with Gasteiger partial charge in [-0.3, -0.25) is 14.4 Å². The lowest BCUT2D eigenvalue weighted by molar-refractivity contribution is -0.132. The van der Waals surface area contributed by atoms with Gasteiger partial charge in [0.2, 0.25) is 17.7 Å². The van der Waals surface area contributed by atoms with Crippen LogP contribution in [0, 0.1) is 0 Å². The second-order valence-corrected chi connectivity index (χ2v) is 4.23. The molecule has 1 radical (unpaired) electrons. The Morgan fingerprint density at radius 2 is 1.71 bits per heavy atom. The number of benzene rings is 1. The number of carbonyl (C=O) groups is 3. The van der Waals surface area contributed by atoms with Gasteiger partial charge in [-0.1, -0.05) is 30.3 Å². The quantitative estimate of drug-likeness (QED) is 0.632. The maximum atomic E-state index is 12.1. The molecule has 0 aliphatic rings. The molecule has 1 rings (SSSR count). The van der Waals surface area contributed by atoms with Crippen molar-refractivity contribution in [2.45, 2.75) is 13.0 Å². The third-order valence-electron chi connectivity index (χ3n) is 2.63. The first-order chi connectivity index (χ1) is 10.1. The maximum Gasteiger partial charge on any atom is 0.250 e. The Bertz CT molecular complexity index is 490. The highest BCUT2D eigenvalue weighted by atomic mass is 16.3. The number of hydrogen-bond acceptors (Lipinski definition) is 3. The fourth-order valence-corrected chi connectivity index (χ4v) is 1.68. The molecule has 0 saturated carbocycles. The predicted molar refractivity (Wildman–Crippen MR) is 74.6 cm³/mol. The van der Waals surface area contributed by atoms with Gasteiger partial charge in [0.05, 0.1) is 6.54 Å². The van der Waals surface area contributed by atoms with Crippen LogP contribution in [0.3, 0.4) is 0 Å². The molecule has 3 N–H and O–H groups in total. The van der Waals surface area contributed by atoms with Gasteiger partial charge in [-0.15, -0.1) is 0 Å². The Kier molecular flexibility index (Phi) is 6.90. The van der Waals surface area contributed by atoms with Crippen LogP contribution in [0.25, 0.3) is 0 Å². The lowest BCUT2D eigenvalue weighted by Gasteiger charge is -2.18. The molecule has 0 unspecified atom stereocenters. The van der Waals surface area contributed by atoms with E-state index in [0.29, 0.717) is 12.1 Å². The molecule has 0 fully saturated rings. The lowest BCUT2D eigenvalue weighted by atomic mass is 10.1. The molecule has 0 saturated heterocycles. The van der Waals surface area contributed by atoms with Gasteiger partial charge in [0.15, 0.2) is 6.61 Å². The molecule has 1 atom stereocenters. The van der Waals surface area contributed by atoms with E-state index in [1.54, 1.807) is 37.3 Å². The van der Waals surface area contributed by atoms with E-state index in [0.717, 1.165) is 0 Å². The van der Waals surface area contributed by atoms with Crippen molar-refractivity contribution in [3.63, 3.8) is 0 Å². The van der Waals surface area contributed by atoms with Crippen molar-refractivity contribution in [3.05, 3.63) is 35.9 Å². The molecule has 113 valence electrons. The maximum absolute atomic E-state index is 12.1. The van der Waals surface area contributed by atoms with Gasteiger partial charge < -0.3 is 16.0 Å². The van der Waals surface area contributed by atoms with E-state index in [9.17, 15) is 19.5 Å². The summed E-state index contributed by atoms with van der Waals surface area (Å²) in [5, 5.41) is 17.9. The highest BCUT2D eigenvalue weighted by Gasteiger charge is 2.22. The van der Waals surface area contributed by atoms with Crippen LogP contribution >= 0.6 is 0 Å². The van der Waals surface area contributed by atoms with Crippen LogP contribution in [0.5, 0.6) is 0 Å². The molecule has 0 aliphatic carbocycles. The highest BCUT2D eigenvalue weighted by molar-refractivity contribution is 5.91. The molecule has 0 bridgehead atoms. The van der Waals surface area contributed by atoms with Crippen LogP contribution in [0.15, 0.2) is 30.3 Å². The summed E-state index contributed by atoms with van der Waals surface area (Å²) in [6, 6.07) is 7.50. The molecule has 0 heterocycles. The Morgan fingerprint density at radius 3 is 2.29 bits per heavy atom. The highest BCUT2D eigenvalue weighted by Crippen LogP contribution is 2.12. The third kappa shape index (κ3) is 5.62. The summed E-state index contributed by atoms with van der Waals surface area (Å²) in [6.07, 6.45) is 0. The number of amides is 3. The minimum Gasteiger partial charge on any atom is -0.355 e. The zero-order valence-electron chi connectivity index (χ0n) is 11.7. The van der Waals surface area contributed by atoms with Gasteiger partial charge in [-0.25, -0.2) is 5.11 Å². The first kappa shape index (κ1) is 16.6. The van der Waals surface area contributed by atoms with Gasteiger partial charge >= 0.3 is 0 Å². The molecule has 0 aromatic heterocycles. The van der Waals surface area contributed by atoms with E-state index >= 15 is 0 Å². The molecule has 0 spiro atoms.